The van der Waals surface area contributed by atoms with E-state index in [9.17, 15) is 0 Å². The van der Waals surface area contributed by atoms with E-state index in [0.29, 0.717) is 0 Å². The van der Waals surface area contributed by atoms with E-state index in [1.54, 1.807) is 0 Å². The molecule has 100 valence electrons. The standard InChI is InChI=1S/C18H22O/c1-12-4-7-15(8-5-12)17-10-13(2)18-16(11-17)9-6-14(3)19-18/h7,10-12H,3-6,8-9H2,1-2H3. The summed E-state index contributed by atoms with van der Waals surface area (Å²) in [6, 6.07) is 4.61. The molecule has 0 N–H and O–H groups in total. The highest BCUT2D eigenvalue weighted by Gasteiger charge is 2.19. The topological polar surface area (TPSA) is 9.23 Å². The van der Waals surface area contributed by atoms with Crippen molar-refractivity contribution in [2.75, 3.05) is 0 Å². The molecule has 1 heteroatoms. The summed E-state index contributed by atoms with van der Waals surface area (Å²) in [6.07, 6.45) is 8.19. The molecule has 1 aliphatic carbocycles. The number of rotatable bonds is 1. The van der Waals surface area contributed by atoms with Crippen LogP contribution in [0.4, 0.5) is 0 Å². The summed E-state index contributed by atoms with van der Waals surface area (Å²) in [6.45, 7) is 8.43. The van der Waals surface area contributed by atoms with Crippen molar-refractivity contribution in [3.05, 3.63) is 47.2 Å². The van der Waals surface area contributed by atoms with E-state index in [1.165, 1.54) is 41.5 Å². The van der Waals surface area contributed by atoms with Gasteiger partial charge in [0.25, 0.3) is 0 Å². The molecular weight excluding hydrogens is 232 g/mol. The highest BCUT2D eigenvalue weighted by molar-refractivity contribution is 5.69. The molecule has 0 bridgehead atoms. The molecule has 1 unspecified atom stereocenters. The lowest BCUT2D eigenvalue weighted by Gasteiger charge is -2.24. The Kier molecular flexibility index (Phi) is 3.22. The van der Waals surface area contributed by atoms with Gasteiger partial charge in [0.2, 0.25) is 0 Å². The molecule has 0 spiro atoms. The third-order valence-electron chi connectivity index (χ3n) is 4.32. The van der Waals surface area contributed by atoms with Crippen LogP contribution in [-0.2, 0) is 6.42 Å². The van der Waals surface area contributed by atoms with Gasteiger partial charge in [-0.25, -0.2) is 0 Å². The lowest BCUT2D eigenvalue weighted by atomic mass is 9.86. The summed E-state index contributed by atoms with van der Waals surface area (Å²) in [5.41, 5.74) is 5.52. The molecule has 2 aliphatic rings. The van der Waals surface area contributed by atoms with Crippen molar-refractivity contribution >= 4 is 5.57 Å². The Bertz CT molecular complexity index is 551. The van der Waals surface area contributed by atoms with Crippen LogP contribution in [-0.4, -0.2) is 0 Å². The number of benzene rings is 1. The zero-order valence-corrected chi connectivity index (χ0v) is 12.0. The molecule has 1 atom stereocenters. The molecule has 1 heterocycles. The number of ether oxygens (including phenoxy) is 1. The van der Waals surface area contributed by atoms with E-state index >= 15 is 0 Å². The second kappa shape index (κ2) is 4.88. The fraction of sp³-hybridized carbons (Fsp3) is 0.444. The van der Waals surface area contributed by atoms with Gasteiger partial charge in [-0.1, -0.05) is 19.6 Å². The summed E-state index contributed by atoms with van der Waals surface area (Å²) >= 11 is 0. The second-order valence-corrected chi connectivity index (χ2v) is 6.03. The number of hydrogen-bond donors (Lipinski definition) is 0. The minimum absolute atomic E-state index is 0.842. The zero-order chi connectivity index (χ0) is 13.4. The largest absolute Gasteiger partial charge is 0.462 e. The molecule has 1 aromatic rings. The second-order valence-electron chi connectivity index (χ2n) is 6.03. The molecule has 1 nitrogen and oxygen atoms in total. The van der Waals surface area contributed by atoms with Crippen molar-refractivity contribution in [1.82, 2.24) is 0 Å². The molecule has 1 aliphatic heterocycles. The summed E-state index contributed by atoms with van der Waals surface area (Å²) < 4.78 is 5.81. The predicted molar refractivity (Wildman–Crippen MR) is 80.3 cm³/mol. The maximum atomic E-state index is 5.81. The monoisotopic (exact) mass is 254 g/mol. The van der Waals surface area contributed by atoms with Crippen LogP contribution in [0.5, 0.6) is 5.75 Å². The van der Waals surface area contributed by atoms with Crippen LogP contribution in [0.2, 0.25) is 0 Å². The van der Waals surface area contributed by atoms with E-state index in [-0.39, 0.29) is 0 Å². The van der Waals surface area contributed by atoms with Gasteiger partial charge in [-0.3, -0.25) is 0 Å². The van der Waals surface area contributed by atoms with Crippen molar-refractivity contribution in [3.63, 3.8) is 0 Å². The SMILES string of the molecule is C=C1CCc2cc(C3=CCC(C)CC3)cc(C)c2O1. The Morgan fingerprint density at radius 1 is 1.21 bits per heavy atom. The first-order valence-electron chi connectivity index (χ1n) is 7.32. The van der Waals surface area contributed by atoms with Gasteiger partial charge in [-0.15, -0.1) is 0 Å². The molecule has 1 aromatic carbocycles. The van der Waals surface area contributed by atoms with Crippen molar-refractivity contribution in [3.8, 4) is 5.75 Å². The lowest BCUT2D eigenvalue weighted by Crippen LogP contribution is -2.08. The molecular formula is C18H22O. The van der Waals surface area contributed by atoms with Crippen molar-refractivity contribution in [2.24, 2.45) is 5.92 Å². The van der Waals surface area contributed by atoms with Crippen molar-refractivity contribution in [2.45, 2.75) is 46.0 Å². The maximum absolute atomic E-state index is 5.81. The Balaban J connectivity index is 1.96. The normalized spacial score (nSPS) is 22.5. The van der Waals surface area contributed by atoms with Crippen LogP contribution in [0.1, 0.15) is 49.3 Å². The van der Waals surface area contributed by atoms with Crippen LogP contribution in [0.15, 0.2) is 30.5 Å². The van der Waals surface area contributed by atoms with Gasteiger partial charge in [-0.05, 0) is 72.9 Å². The lowest BCUT2D eigenvalue weighted by molar-refractivity contribution is 0.378. The molecule has 0 radical (unpaired) electrons. The summed E-state index contributed by atoms with van der Waals surface area (Å²) in [5.74, 6) is 2.79. The summed E-state index contributed by atoms with van der Waals surface area (Å²) in [7, 11) is 0. The minimum atomic E-state index is 0.842. The molecule has 3 rings (SSSR count). The fourth-order valence-corrected chi connectivity index (χ4v) is 3.06. The van der Waals surface area contributed by atoms with Gasteiger partial charge in [0.15, 0.2) is 0 Å². The van der Waals surface area contributed by atoms with E-state index < -0.39 is 0 Å². The van der Waals surface area contributed by atoms with E-state index in [4.69, 9.17) is 4.74 Å². The highest BCUT2D eigenvalue weighted by atomic mass is 16.5. The molecule has 0 aromatic heterocycles. The first-order chi connectivity index (χ1) is 9.13. The van der Waals surface area contributed by atoms with E-state index in [0.717, 1.165) is 30.3 Å². The van der Waals surface area contributed by atoms with Crippen LogP contribution >= 0.6 is 0 Å². The Morgan fingerprint density at radius 3 is 2.79 bits per heavy atom. The van der Waals surface area contributed by atoms with Gasteiger partial charge in [0.05, 0.1) is 5.76 Å². The molecule has 0 amide bonds. The summed E-state index contributed by atoms with van der Waals surface area (Å²) in [5, 5.41) is 0. The number of aryl methyl sites for hydroxylation is 2. The van der Waals surface area contributed by atoms with Gasteiger partial charge >= 0.3 is 0 Å². The Morgan fingerprint density at radius 2 is 2.05 bits per heavy atom. The van der Waals surface area contributed by atoms with Crippen LogP contribution < -0.4 is 4.74 Å². The Hall–Kier alpha value is -1.50. The van der Waals surface area contributed by atoms with Crippen LogP contribution in [0, 0.1) is 12.8 Å². The third kappa shape index (κ3) is 2.47. The highest BCUT2D eigenvalue weighted by Crippen LogP contribution is 2.37. The minimum Gasteiger partial charge on any atom is -0.462 e. The molecule has 0 saturated carbocycles. The zero-order valence-electron chi connectivity index (χ0n) is 12.0. The number of hydrogen-bond acceptors (Lipinski definition) is 1. The Labute approximate surface area is 116 Å². The number of allylic oxidation sites excluding steroid dienone is 3. The van der Waals surface area contributed by atoms with E-state index in [2.05, 4.69) is 38.6 Å². The quantitative estimate of drug-likeness (QED) is 0.682. The molecule has 19 heavy (non-hydrogen) atoms. The first kappa shape index (κ1) is 12.5. The van der Waals surface area contributed by atoms with E-state index in [1.807, 2.05) is 0 Å². The first-order valence-corrected chi connectivity index (χ1v) is 7.32. The van der Waals surface area contributed by atoms with Crippen molar-refractivity contribution in [1.29, 1.82) is 0 Å². The smallest absolute Gasteiger partial charge is 0.133 e. The summed E-state index contributed by atoms with van der Waals surface area (Å²) in [4.78, 5) is 0. The maximum Gasteiger partial charge on any atom is 0.133 e. The van der Waals surface area contributed by atoms with Gasteiger partial charge in [-0.2, -0.15) is 0 Å². The predicted octanol–water partition coefficient (Wildman–Crippen LogP) is 5.04. The average molecular weight is 254 g/mol. The van der Waals surface area contributed by atoms with Crippen molar-refractivity contribution < 1.29 is 4.74 Å². The van der Waals surface area contributed by atoms with Crippen LogP contribution in [0.3, 0.4) is 0 Å². The van der Waals surface area contributed by atoms with Gasteiger partial charge in [0, 0.05) is 6.42 Å². The third-order valence-corrected chi connectivity index (χ3v) is 4.32. The fourth-order valence-electron chi connectivity index (χ4n) is 3.06. The van der Waals surface area contributed by atoms with Gasteiger partial charge < -0.3 is 4.74 Å². The average Bonchev–Trinajstić information content (AvgIpc) is 2.40. The van der Waals surface area contributed by atoms with Gasteiger partial charge in [0.1, 0.15) is 5.75 Å². The molecule has 0 fully saturated rings. The number of fused-ring (bicyclic) bond motifs is 1. The molecule has 0 saturated heterocycles. The van der Waals surface area contributed by atoms with Crippen LogP contribution in [0.25, 0.3) is 5.57 Å².